The van der Waals surface area contributed by atoms with Gasteiger partial charge in [0.15, 0.2) is 0 Å². The van der Waals surface area contributed by atoms with Gasteiger partial charge in [0.05, 0.1) is 5.56 Å². The Morgan fingerprint density at radius 3 is 1.33 bits per heavy atom. The summed E-state index contributed by atoms with van der Waals surface area (Å²) in [5.74, 6) is 0. The fourth-order valence-corrected chi connectivity index (χ4v) is 8.40. The summed E-state index contributed by atoms with van der Waals surface area (Å²) in [6.07, 6.45) is -4.42. The van der Waals surface area contributed by atoms with E-state index in [1.54, 1.807) is 6.07 Å². The molecule has 0 amide bonds. The van der Waals surface area contributed by atoms with Crippen LogP contribution in [0, 0.1) is 0 Å². The molecule has 0 aliphatic carbocycles. The molecule has 0 atom stereocenters. The fourth-order valence-electron chi connectivity index (χ4n) is 5.67. The molecule has 7 rings (SSSR count). The maximum absolute atomic E-state index is 14.0. The number of rotatable bonds is 3. The summed E-state index contributed by atoms with van der Waals surface area (Å²) in [7, 11) is -1.36. The lowest BCUT2D eigenvalue weighted by atomic mass is 10.0. The zero-order chi connectivity index (χ0) is 26.6. The summed E-state index contributed by atoms with van der Waals surface area (Å²) < 4.78 is 41.9. The highest BCUT2D eigenvalue weighted by atomic mass is 31.1. The molecule has 0 nitrogen and oxygen atoms in total. The molecule has 0 N–H and O–H groups in total. The Kier molecular flexibility index (Phi) is 5.65. The van der Waals surface area contributed by atoms with Crippen LogP contribution in [0.5, 0.6) is 0 Å². The molecule has 0 aliphatic heterocycles. The smallest absolute Gasteiger partial charge is 0.166 e. The van der Waals surface area contributed by atoms with Crippen LogP contribution >= 0.6 is 7.92 Å². The van der Waals surface area contributed by atoms with Crippen LogP contribution in [0.15, 0.2) is 133 Å². The molecule has 0 unspecified atom stereocenters. The van der Waals surface area contributed by atoms with Crippen molar-refractivity contribution in [1.29, 1.82) is 0 Å². The van der Waals surface area contributed by atoms with Crippen molar-refractivity contribution in [2.24, 2.45) is 0 Å². The van der Waals surface area contributed by atoms with E-state index in [2.05, 4.69) is 60.7 Å². The van der Waals surface area contributed by atoms with Crippen molar-refractivity contribution in [1.82, 2.24) is 0 Å². The number of hydrogen-bond acceptors (Lipinski definition) is 0. The highest BCUT2D eigenvalue weighted by molar-refractivity contribution is 7.80. The van der Waals surface area contributed by atoms with Gasteiger partial charge in [0.2, 0.25) is 0 Å². The number of halogens is 3. The van der Waals surface area contributed by atoms with Gasteiger partial charge in [0, 0.05) is 0 Å². The van der Waals surface area contributed by atoms with Gasteiger partial charge in [0.1, 0.15) is 0 Å². The van der Waals surface area contributed by atoms with Crippen LogP contribution in [0.3, 0.4) is 0 Å². The van der Waals surface area contributed by atoms with E-state index in [1.807, 2.05) is 54.6 Å². The Balaban J connectivity index is 1.64. The third-order valence-corrected chi connectivity index (χ3v) is 9.90. The first-order valence-corrected chi connectivity index (χ1v) is 14.1. The van der Waals surface area contributed by atoms with E-state index >= 15 is 0 Å². The molecule has 0 radical (unpaired) electrons. The van der Waals surface area contributed by atoms with Crippen molar-refractivity contribution in [3.05, 3.63) is 139 Å². The Labute approximate surface area is 225 Å². The molecule has 39 heavy (non-hydrogen) atoms. The molecule has 7 aromatic rings. The Bertz CT molecular complexity index is 1900. The fraction of sp³-hybridized carbons (Fsp3) is 0.0286. The second-order valence-electron chi connectivity index (χ2n) is 9.71. The maximum Gasteiger partial charge on any atom is 0.416 e. The molecule has 0 saturated carbocycles. The molecule has 7 aromatic carbocycles. The van der Waals surface area contributed by atoms with Crippen LogP contribution in [0.4, 0.5) is 13.2 Å². The van der Waals surface area contributed by atoms with Gasteiger partial charge in [0.25, 0.3) is 0 Å². The first kappa shape index (κ1) is 23.9. The zero-order valence-corrected chi connectivity index (χ0v) is 21.7. The molecule has 4 heteroatoms. The second kappa shape index (κ2) is 9.22. The van der Waals surface area contributed by atoms with Crippen molar-refractivity contribution >= 4 is 66.9 Å². The minimum atomic E-state index is -4.42. The van der Waals surface area contributed by atoms with Crippen molar-refractivity contribution in [2.75, 3.05) is 0 Å². The molecule has 0 saturated heterocycles. The number of benzene rings is 7. The van der Waals surface area contributed by atoms with Crippen molar-refractivity contribution in [3.63, 3.8) is 0 Å². The lowest BCUT2D eigenvalue weighted by Gasteiger charge is -2.25. The molecule has 0 bridgehead atoms. The van der Waals surface area contributed by atoms with Gasteiger partial charge in [-0.25, -0.2) is 0 Å². The molecule has 0 fully saturated rings. The van der Waals surface area contributed by atoms with Crippen LogP contribution in [0.1, 0.15) is 5.56 Å². The molecule has 0 spiro atoms. The largest absolute Gasteiger partial charge is 0.416 e. The Morgan fingerprint density at radius 1 is 0.410 bits per heavy atom. The minimum Gasteiger partial charge on any atom is -0.166 e. The average molecular weight is 531 g/mol. The van der Waals surface area contributed by atoms with E-state index < -0.39 is 19.7 Å². The number of fused-ring (bicyclic) bond motifs is 6. The summed E-state index contributed by atoms with van der Waals surface area (Å²) in [6, 6.07) is 43.3. The molecule has 0 aliphatic rings. The highest BCUT2D eigenvalue weighted by Gasteiger charge is 2.32. The quantitative estimate of drug-likeness (QED) is 0.158. The van der Waals surface area contributed by atoms with E-state index in [4.69, 9.17) is 0 Å². The Hall–Kier alpha value is -4.20. The van der Waals surface area contributed by atoms with E-state index in [0.29, 0.717) is 5.30 Å². The monoisotopic (exact) mass is 530 g/mol. The number of hydrogen-bond donors (Lipinski definition) is 0. The van der Waals surface area contributed by atoms with Crippen LogP contribution in [-0.2, 0) is 6.18 Å². The van der Waals surface area contributed by atoms with Gasteiger partial charge in [-0.3, -0.25) is 0 Å². The molecule has 0 heterocycles. The van der Waals surface area contributed by atoms with Gasteiger partial charge in [-0.1, -0.05) is 109 Å². The SMILES string of the molecule is FC(F)(F)c1cccc(P(c2cc3ccccc3c3ccccc23)c2cc3ccccc3c3ccccc23)c1. The summed E-state index contributed by atoms with van der Waals surface area (Å²) in [5.41, 5.74) is -0.623. The topological polar surface area (TPSA) is 0 Å². The van der Waals surface area contributed by atoms with Crippen LogP contribution < -0.4 is 15.9 Å². The van der Waals surface area contributed by atoms with Gasteiger partial charge in [-0.15, -0.1) is 0 Å². The molecular weight excluding hydrogens is 508 g/mol. The van der Waals surface area contributed by atoms with E-state index in [9.17, 15) is 13.2 Å². The standard InChI is InChI=1S/C35H22F3P/c36-35(37,38)25-12-9-13-26(22-25)39(33-20-23-10-1-3-14-27(23)29-16-5-7-18-31(29)33)34-21-24-11-2-4-15-28(24)30-17-6-8-19-32(30)34/h1-22H. The molecule has 188 valence electrons. The first-order chi connectivity index (χ1) is 19.0. The number of alkyl halides is 3. The average Bonchev–Trinajstić information content (AvgIpc) is 2.97. The van der Waals surface area contributed by atoms with Gasteiger partial charge in [-0.05, 0) is 91.2 Å². The van der Waals surface area contributed by atoms with E-state index in [-0.39, 0.29) is 0 Å². The second-order valence-corrected chi connectivity index (χ2v) is 11.9. The van der Waals surface area contributed by atoms with Crippen LogP contribution in [0.2, 0.25) is 0 Å². The van der Waals surface area contributed by atoms with E-state index in [1.165, 1.54) is 6.07 Å². The first-order valence-electron chi connectivity index (χ1n) is 12.8. The normalized spacial score (nSPS) is 12.2. The Morgan fingerprint density at radius 2 is 0.846 bits per heavy atom. The van der Waals surface area contributed by atoms with Gasteiger partial charge >= 0.3 is 6.18 Å². The summed E-state index contributed by atoms with van der Waals surface area (Å²) in [5, 5.41) is 11.6. The summed E-state index contributed by atoms with van der Waals surface area (Å²) in [6.45, 7) is 0. The predicted molar refractivity (Wildman–Crippen MR) is 160 cm³/mol. The van der Waals surface area contributed by atoms with Crippen molar-refractivity contribution in [3.8, 4) is 0 Å². The highest BCUT2D eigenvalue weighted by Crippen LogP contribution is 2.42. The summed E-state index contributed by atoms with van der Waals surface area (Å²) >= 11 is 0. The molecule has 0 aromatic heterocycles. The van der Waals surface area contributed by atoms with Crippen LogP contribution in [-0.4, -0.2) is 0 Å². The zero-order valence-electron chi connectivity index (χ0n) is 20.8. The molecular formula is C35H22F3P. The third kappa shape index (κ3) is 4.06. The van der Waals surface area contributed by atoms with Gasteiger partial charge in [-0.2, -0.15) is 13.2 Å². The van der Waals surface area contributed by atoms with Crippen LogP contribution in [0.25, 0.3) is 43.1 Å². The lowest BCUT2D eigenvalue weighted by Crippen LogP contribution is -2.23. The van der Waals surface area contributed by atoms with Gasteiger partial charge < -0.3 is 0 Å². The van der Waals surface area contributed by atoms with E-state index in [0.717, 1.165) is 59.8 Å². The van der Waals surface area contributed by atoms with Crippen molar-refractivity contribution in [2.45, 2.75) is 6.18 Å². The summed E-state index contributed by atoms with van der Waals surface area (Å²) in [4.78, 5) is 0. The predicted octanol–water partition coefficient (Wildman–Crippen LogP) is 9.08. The van der Waals surface area contributed by atoms with Crippen molar-refractivity contribution < 1.29 is 13.2 Å². The maximum atomic E-state index is 14.0. The minimum absolute atomic E-state index is 0.623. The third-order valence-electron chi connectivity index (χ3n) is 7.41. The lowest BCUT2D eigenvalue weighted by molar-refractivity contribution is -0.137.